The third-order valence-electron chi connectivity index (χ3n) is 9.25. The van der Waals surface area contributed by atoms with Crippen LogP contribution < -0.4 is 10.2 Å². The van der Waals surface area contributed by atoms with Gasteiger partial charge in [-0.15, -0.1) is 0 Å². The zero-order chi connectivity index (χ0) is 39.3. The zero-order valence-corrected chi connectivity index (χ0v) is 35.8. The molecule has 8 nitrogen and oxygen atoms in total. The van der Waals surface area contributed by atoms with E-state index in [4.69, 9.17) is 9.05 Å². The van der Waals surface area contributed by atoms with E-state index in [0.717, 1.165) is 51.4 Å². The van der Waals surface area contributed by atoms with Crippen molar-refractivity contribution in [1.82, 2.24) is 5.32 Å². The van der Waals surface area contributed by atoms with Crippen LogP contribution in [0, 0.1) is 0 Å². The Morgan fingerprint density at radius 3 is 1.62 bits per heavy atom. The molecule has 0 bridgehead atoms. The second kappa shape index (κ2) is 36.1. The number of aliphatic hydroxyl groups excluding tert-OH is 1. The van der Waals surface area contributed by atoms with Gasteiger partial charge in [-0.2, -0.15) is 0 Å². The number of allylic oxidation sites excluding steroid dienone is 7. The number of phosphoric acid groups is 1. The van der Waals surface area contributed by atoms with E-state index in [1.165, 1.54) is 103 Å². The Labute approximate surface area is 327 Å². The number of quaternary nitrogens is 1. The Hall–Kier alpha value is -1.54. The van der Waals surface area contributed by atoms with E-state index in [1.807, 2.05) is 27.2 Å². The van der Waals surface area contributed by atoms with Crippen LogP contribution in [0.1, 0.15) is 174 Å². The number of carbonyl (C=O) groups is 1. The number of nitrogens with zero attached hydrogens (tertiary/aromatic N) is 1. The van der Waals surface area contributed by atoms with Crippen molar-refractivity contribution < 1.29 is 32.9 Å². The Balaban J connectivity index is 4.34. The fourth-order valence-electron chi connectivity index (χ4n) is 5.83. The summed E-state index contributed by atoms with van der Waals surface area (Å²) in [5, 5.41) is 13.7. The molecular weight excluding hydrogens is 683 g/mol. The predicted molar refractivity (Wildman–Crippen MR) is 224 cm³/mol. The van der Waals surface area contributed by atoms with Crippen LogP contribution in [0.2, 0.25) is 0 Å². The monoisotopic (exact) mass is 767 g/mol. The van der Waals surface area contributed by atoms with Gasteiger partial charge in [-0.25, -0.2) is 0 Å². The number of carbonyl (C=O) groups excluding carboxylic acids is 1. The molecule has 0 radical (unpaired) electrons. The number of hydrogen-bond donors (Lipinski definition) is 2. The van der Waals surface area contributed by atoms with Gasteiger partial charge in [0.15, 0.2) is 0 Å². The number of hydrogen-bond acceptors (Lipinski definition) is 6. The molecule has 0 aromatic heterocycles. The van der Waals surface area contributed by atoms with Gasteiger partial charge in [0.1, 0.15) is 13.2 Å². The predicted octanol–water partition coefficient (Wildman–Crippen LogP) is 11.1. The van der Waals surface area contributed by atoms with Gasteiger partial charge in [-0.05, 0) is 64.2 Å². The molecule has 3 atom stereocenters. The highest BCUT2D eigenvalue weighted by atomic mass is 31.2. The van der Waals surface area contributed by atoms with Crippen molar-refractivity contribution in [2.75, 3.05) is 40.9 Å². The van der Waals surface area contributed by atoms with Gasteiger partial charge in [0.05, 0.1) is 39.9 Å². The smallest absolute Gasteiger partial charge is 0.268 e. The summed E-state index contributed by atoms with van der Waals surface area (Å²) >= 11 is 0. The maximum absolute atomic E-state index is 12.8. The summed E-state index contributed by atoms with van der Waals surface area (Å²) in [6.45, 7) is 4.47. The highest BCUT2D eigenvalue weighted by molar-refractivity contribution is 7.45. The van der Waals surface area contributed by atoms with E-state index < -0.39 is 26.6 Å². The van der Waals surface area contributed by atoms with Crippen molar-refractivity contribution in [3.05, 3.63) is 48.6 Å². The van der Waals surface area contributed by atoms with E-state index in [-0.39, 0.29) is 12.5 Å². The molecule has 1 amide bonds. The first kappa shape index (κ1) is 51.5. The molecule has 3 unspecified atom stereocenters. The molecule has 0 heterocycles. The van der Waals surface area contributed by atoms with Crippen LogP contribution in [0.3, 0.4) is 0 Å². The van der Waals surface area contributed by atoms with E-state index in [9.17, 15) is 19.4 Å². The molecule has 0 spiro atoms. The molecule has 53 heavy (non-hydrogen) atoms. The van der Waals surface area contributed by atoms with Crippen molar-refractivity contribution in [2.24, 2.45) is 0 Å². The molecule has 0 aromatic rings. The quantitative estimate of drug-likeness (QED) is 0.0280. The Bertz CT molecular complexity index is 1010. The molecule has 0 fully saturated rings. The normalized spacial score (nSPS) is 14.9. The third kappa shape index (κ3) is 38.5. The lowest BCUT2D eigenvalue weighted by Crippen LogP contribution is -2.45. The Kier molecular flexibility index (Phi) is 35.1. The van der Waals surface area contributed by atoms with Gasteiger partial charge in [-0.3, -0.25) is 9.36 Å². The summed E-state index contributed by atoms with van der Waals surface area (Å²) in [7, 11) is 1.22. The second-order valence-electron chi connectivity index (χ2n) is 15.6. The summed E-state index contributed by atoms with van der Waals surface area (Å²) in [5.41, 5.74) is 0. The zero-order valence-electron chi connectivity index (χ0n) is 35.0. The molecule has 310 valence electrons. The molecular formula is C44H83N2O6P. The van der Waals surface area contributed by atoms with Crippen molar-refractivity contribution in [2.45, 2.75) is 187 Å². The summed E-state index contributed by atoms with van der Waals surface area (Å²) < 4.78 is 23.1. The minimum Gasteiger partial charge on any atom is -0.756 e. The number of aliphatic hydroxyl groups is 1. The molecule has 0 saturated carbocycles. The van der Waals surface area contributed by atoms with Gasteiger partial charge in [0, 0.05) is 6.42 Å². The first-order valence-electron chi connectivity index (χ1n) is 21.5. The van der Waals surface area contributed by atoms with Crippen LogP contribution in [0.5, 0.6) is 0 Å². The summed E-state index contributed by atoms with van der Waals surface area (Å²) in [6, 6.07) is -0.909. The third-order valence-corrected chi connectivity index (χ3v) is 10.2. The number of phosphoric ester groups is 1. The van der Waals surface area contributed by atoms with Crippen LogP contribution in [-0.4, -0.2) is 68.5 Å². The number of nitrogens with one attached hydrogen (secondary N) is 1. The van der Waals surface area contributed by atoms with Gasteiger partial charge in [0.25, 0.3) is 7.82 Å². The summed E-state index contributed by atoms with van der Waals surface area (Å²) in [5.74, 6) is -0.220. The topological polar surface area (TPSA) is 108 Å². The summed E-state index contributed by atoms with van der Waals surface area (Å²) in [6.07, 6.45) is 44.6. The van der Waals surface area contributed by atoms with E-state index >= 15 is 0 Å². The molecule has 0 aliphatic rings. The van der Waals surface area contributed by atoms with E-state index in [2.05, 4.69) is 55.6 Å². The SMILES string of the molecule is CC/C=C/CC/C=C/CC/C=C/C(O)C(COP(=O)([O-])OCC[N+](C)(C)C)NC(=O)CCCCCCCCC/C=C\CCCCCCCCCCCC. The van der Waals surface area contributed by atoms with Crippen LogP contribution in [0.25, 0.3) is 0 Å². The minimum absolute atomic E-state index is 0.0112. The standard InChI is InChI=1S/C44H83N2O6P/c1-6-8-10-12-14-16-18-19-20-21-22-23-24-25-26-27-28-30-32-34-36-38-44(48)45-42(41-52-53(49,50)51-40-39-46(3,4)5)43(47)37-35-33-31-29-17-15-13-11-9-7-2/h9,11,17,23-24,29,35,37,42-43,47H,6-8,10,12-16,18-22,25-28,30-34,36,38-41H2,1-5H3,(H-,45,48,49,50)/b11-9+,24-23-,29-17+,37-35+. The first-order valence-corrected chi connectivity index (χ1v) is 23.0. The fraction of sp³-hybridized carbons (Fsp3) is 0.795. The average molecular weight is 767 g/mol. The average Bonchev–Trinajstić information content (AvgIpc) is 3.10. The summed E-state index contributed by atoms with van der Waals surface area (Å²) in [4.78, 5) is 25.2. The largest absolute Gasteiger partial charge is 0.756 e. The van der Waals surface area contributed by atoms with Gasteiger partial charge < -0.3 is 28.8 Å². The Morgan fingerprint density at radius 2 is 1.11 bits per heavy atom. The molecule has 2 N–H and O–H groups in total. The lowest BCUT2D eigenvalue weighted by molar-refractivity contribution is -0.870. The lowest BCUT2D eigenvalue weighted by Gasteiger charge is -2.29. The molecule has 0 aliphatic heterocycles. The van der Waals surface area contributed by atoms with Crippen molar-refractivity contribution >= 4 is 13.7 Å². The first-order chi connectivity index (χ1) is 25.5. The van der Waals surface area contributed by atoms with Crippen LogP contribution in [-0.2, 0) is 18.4 Å². The van der Waals surface area contributed by atoms with Crippen molar-refractivity contribution in [3.8, 4) is 0 Å². The highest BCUT2D eigenvalue weighted by Crippen LogP contribution is 2.38. The second-order valence-corrected chi connectivity index (χ2v) is 17.1. The maximum Gasteiger partial charge on any atom is 0.268 e. The van der Waals surface area contributed by atoms with E-state index in [1.54, 1.807) is 6.08 Å². The van der Waals surface area contributed by atoms with E-state index in [0.29, 0.717) is 17.4 Å². The number of amides is 1. The molecule has 0 saturated heterocycles. The maximum atomic E-state index is 12.8. The number of unbranched alkanes of at least 4 members (excludes halogenated alkanes) is 19. The fourth-order valence-corrected chi connectivity index (χ4v) is 6.55. The molecule has 9 heteroatoms. The lowest BCUT2D eigenvalue weighted by atomic mass is 10.1. The van der Waals surface area contributed by atoms with Crippen molar-refractivity contribution in [1.29, 1.82) is 0 Å². The van der Waals surface area contributed by atoms with Crippen LogP contribution >= 0.6 is 7.82 Å². The molecule has 0 aliphatic carbocycles. The van der Waals surface area contributed by atoms with Gasteiger partial charge in [0.2, 0.25) is 5.91 Å². The van der Waals surface area contributed by atoms with Crippen LogP contribution in [0.15, 0.2) is 48.6 Å². The Morgan fingerprint density at radius 1 is 0.660 bits per heavy atom. The molecule has 0 aromatic carbocycles. The number of rotatable bonds is 38. The minimum atomic E-state index is -4.59. The highest BCUT2D eigenvalue weighted by Gasteiger charge is 2.23. The van der Waals surface area contributed by atoms with Crippen LogP contribution in [0.4, 0.5) is 0 Å². The molecule has 0 rings (SSSR count). The van der Waals surface area contributed by atoms with Crippen molar-refractivity contribution in [3.63, 3.8) is 0 Å². The number of likely N-dealkylation sites (N-methyl/N-ethyl adjacent to an activating group) is 1. The van der Waals surface area contributed by atoms with Gasteiger partial charge >= 0.3 is 0 Å². The van der Waals surface area contributed by atoms with Gasteiger partial charge in [-0.1, -0.05) is 152 Å².